The molecule has 0 aromatic rings. The zero-order valence-corrected chi connectivity index (χ0v) is 17.4. The first-order valence-electron chi connectivity index (χ1n) is 9.27. The van der Waals surface area contributed by atoms with Crippen LogP contribution in [0.4, 0.5) is 0 Å². The molecule has 2 atom stereocenters. The highest BCUT2D eigenvalue weighted by molar-refractivity contribution is 7.91. The molecule has 0 bridgehead atoms. The van der Waals surface area contributed by atoms with Crippen molar-refractivity contribution in [3.63, 3.8) is 0 Å². The van der Waals surface area contributed by atoms with Crippen molar-refractivity contribution < 1.29 is 13.2 Å². The van der Waals surface area contributed by atoms with Crippen molar-refractivity contribution >= 4 is 28.2 Å². The number of carbonyl (C=O) groups excluding carboxylic acids is 1. The Balaban J connectivity index is 0.00000312. The van der Waals surface area contributed by atoms with Gasteiger partial charge in [-0.05, 0) is 72.1 Å². The lowest BCUT2D eigenvalue weighted by molar-refractivity contribution is -0.138. The van der Waals surface area contributed by atoms with Gasteiger partial charge < -0.3 is 10.2 Å². The third-order valence-electron chi connectivity index (χ3n) is 5.63. The maximum atomic E-state index is 12.9. The van der Waals surface area contributed by atoms with E-state index < -0.39 is 9.84 Å². The highest BCUT2D eigenvalue weighted by Gasteiger charge is 2.37. The average molecular weight is 396 g/mol. The quantitative estimate of drug-likeness (QED) is 0.700. The molecule has 0 aromatic carbocycles. The third-order valence-corrected chi connectivity index (χ3v) is 7.38. The first kappa shape index (κ1) is 22.7. The minimum atomic E-state index is -2.96. The Bertz CT molecular complexity index is 521. The largest absolute Gasteiger partial charge is 0.338 e. The number of hydrogen-bond acceptors (Lipinski definition) is 5. The molecule has 0 aromatic heterocycles. The normalized spacial score (nSPS) is 25.3. The molecule has 1 N–H and O–H groups in total. The van der Waals surface area contributed by atoms with E-state index in [2.05, 4.69) is 10.2 Å². The second-order valence-electron chi connectivity index (χ2n) is 7.23. The monoisotopic (exact) mass is 395 g/mol. The Morgan fingerprint density at radius 3 is 2.40 bits per heavy atom. The number of nitrogens with zero attached hydrogens (tertiary/aromatic N) is 2. The number of likely N-dealkylation sites (N-methyl/N-ethyl adjacent to an activating group) is 1. The number of amides is 1. The van der Waals surface area contributed by atoms with Crippen molar-refractivity contribution in [2.24, 2.45) is 5.92 Å². The molecule has 6 nitrogen and oxygen atoms in total. The Labute approximate surface area is 159 Å². The molecule has 0 aliphatic carbocycles. The van der Waals surface area contributed by atoms with E-state index in [1.807, 2.05) is 20.9 Å². The lowest BCUT2D eigenvalue weighted by Gasteiger charge is -2.38. The van der Waals surface area contributed by atoms with Gasteiger partial charge in [0.2, 0.25) is 5.91 Å². The van der Waals surface area contributed by atoms with E-state index in [0.29, 0.717) is 13.0 Å². The molecule has 1 amide bonds. The van der Waals surface area contributed by atoms with E-state index in [1.54, 1.807) is 4.90 Å². The van der Waals surface area contributed by atoms with Crippen LogP contribution in [0, 0.1) is 5.92 Å². The number of likely N-dealkylation sites (tertiary alicyclic amines) is 1. The zero-order valence-electron chi connectivity index (χ0n) is 15.7. The molecule has 2 aliphatic rings. The summed E-state index contributed by atoms with van der Waals surface area (Å²) in [5, 5.41) is 3.20. The fourth-order valence-electron chi connectivity index (χ4n) is 3.99. The van der Waals surface area contributed by atoms with Gasteiger partial charge in [0.25, 0.3) is 0 Å². The van der Waals surface area contributed by atoms with Crippen LogP contribution in [0.3, 0.4) is 0 Å². The summed E-state index contributed by atoms with van der Waals surface area (Å²) >= 11 is 0. The van der Waals surface area contributed by atoms with Gasteiger partial charge in [-0.1, -0.05) is 0 Å². The van der Waals surface area contributed by atoms with E-state index in [-0.39, 0.29) is 41.9 Å². The fourth-order valence-corrected chi connectivity index (χ4v) is 5.72. The highest BCUT2D eigenvalue weighted by Crippen LogP contribution is 2.24. The van der Waals surface area contributed by atoms with Crippen LogP contribution in [0.5, 0.6) is 0 Å². The highest BCUT2D eigenvalue weighted by atomic mass is 35.5. The second kappa shape index (κ2) is 10.1. The molecule has 2 saturated heterocycles. The number of halogens is 1. The molecule has 2 rings (SSSR count). The zero-order chi connectivity index (χ0) is 17.7. The summed E-state index contributed by atoms with van der Waals surface area (Å²) in [7, 11) is -0.980. The molecule has 2 heterocycles. The van der Waals surface area contributed by atoms with Gasteiger partial charge in [-0.2, -0.15) is 0 Å². The summed E-state index contributed by atoms with van der Waals surface area (Å²) in [6.07, 6.45) is 4.07. The standard InChI is InChI=1S/C17H33N3O3S.ClH/c1-4-20(16-8-12-24(22,23)13-16)17(21)14(2)19-10-6-15(7-11-19)5-9-18-3;/h14-16,18H,4-13H2,1-3H3;1H. The van der Waals surface area contributed by atoms with Gasteiger partial charge in [-0.25, -0.2) is 8.42 Å². The van der Waals surface area contributed by atoms with Gasteiger partial charge in [0.05, 0.1) is 17.5 Å². The fraction of sp³-hybridized carbons (Fsp3) is 0.941. The minimum Gasteiger partial charge on any atom is -0.338 e. The summed E-state index contributed by atoms with van der Waals surface area (Å²) in [6, 6.07) is -0.290. The van der Waals surface area contributed by atoms with Crippen molar-refractivity contribution in [2.45, 2.75) is 51.6 Å². The number of sulfone groups is 1. The average Bonchev–Trinajstić information content (AvgIpc) is 2.93. The molecule has 148 valence electrons. The van der Waals surface area contributed by atoms with Crippen LogP contribution in [0.15, 0.2) is 0 Å². The molecule has 0 spiro atoms. The number of rotatable bonds is 7. The van der Waals surface area contributed by atoms with Crippen LogP contribution in [-0.4, -0.2) is 80.9 Å². The maximum Gasteiger partial charge on any atom is 0.239 e. The SMILES string of the molecule is CCN(C(=O)C(C)N1CCC(CCNC)CC1)C1CCS(=O)(=O)C1.Cl. The molecule has 0 radical (unpaired) electrons. The summed E-state index contributed by atoms with van der Waals surface area (Å²) in [6.45, 7) is 7.48. The van der Waals surface area contributed by atoms with Crippen LogP contribution in [-0.2, 0) is 14.6 Å². The molecular weight excluding hydrogens is 362 g/mol. The predicted molar refractivity (Wildman–Crippen MR) is 104 cm³/mol. The summed E-state index contributed by atoms with van der Waals surface area (Å²) in [5.41, 5.74) is 0. The van der Waals surface area contributed by atoms with Crippen molar-refractivity contribution in [3.8, 4) is 0 Å². The summed E-state index contributed by atoms with van der Waals surface area (Å²) in [5.74, 6) is 1.18. The smallest absolute Gasteiger partial charge is 0.239 e. The number of nitrogens with one attached hydrogen (secondary N) is 1. The lowest BCUT2D eigenvalue weighted by Crippen LogP contribution is -2.52. The van der Waals surface area contributed by atoms with Crippen molar-refractivity contribution in [2.75, 3.05) is 44.7 Å². The van der Waals surface area contributed by atoms with Crippen molar-refractivity contribution in [3.05, 3.63) is 0 Å². The van der Waals surface area contributed by atoms with E-state index in [0.717, 1.165) is 38.4 Å². The summed E-state index contributed by atoms with van der Waals surface area (Å²) < 4.78 is 23.4. The third kappa shape index (κ3) is 6.08. The Morgan fingerprint density at radius 1 is 1.28 bits per heavy atom. The molecule has 25 heavy (non-hydrogen) atoms. The van der Waals surface area contributed by atoms with Crippen LogP contribution in [0.1, 0.15) is 39.5 Å². The van der Waals surface area contributed by atoms with Gasteiger partial charge in [-0.15, -0.1) is 12.4 Å². The first-order valence-corrected chi connectivity index (χ1v) is 11.1. The van der Waals surface area contributed by atoms with Crippen LogP contribution >= 0.6 is 12.4 Å². The predicted octanol–water partition coefficient (Wildman–Crippen LogP) is 1.15. The Hall–Kier alpha value is -0.370. The molecule has 2 aliphatic heterocycles. The van der Waals surface area contributed by atoms with Crippen molar-refractivity contribution in [1.82, 2.24) is 15.1 Å². The van der Waals surface area contributed by atoms with Crippen molar-refractivity contribution in [1.29, 1.82) is 0 Å². The Kier molecular flexibility index (Phi) is 9.15. The molecule has 2 fully saturated rings. The molecule has 2 unspecified atom stereocenters. The maximum absolute atomic E-state index is 12.9. The van der Waals surface area contributed by atoms with E-state index in [4.69, 9.17) is 0 Å². The van der Waals surface area contributed by atoms with Gasteiger partial charge in [0.1, 0.15) is 0 Å². The van der Waals surface area contributed by atoms with E-state index >= 15 is 0 Å². The first-order chi connectivity index (χ1) is 11.4. The Morgan fingerprint density at radius 2 is 1.92 bits per heavy atom. The molecular formula is C17H34ClN3O3S. The number of hydrogen-bond donors (Lipinski definition) is 1. The van der Waals surface area contributed by atoms with Gasteiger partial charge >= 0.3 is 0 Å². The van der Waals surface area contributed by atoms with Crippen LogP contribution in [0.25, 0.3) is 0 Å². The molecule has 0 saturated carbocycles. The number of piperidine rings is 1. The van der Waals surface area contributed by atoms with E-state index in [1.165, 1.54) is 6.42 Å². The van der Waals surface area contributed by atoms with Gasteiger partial charge in [0, 0.05) is 12.6 Å². The van der Waals surface area contributed by atoms with E-state index in [9.17, 15) is 13.2 Å². The van der Waals surface area contributed by atoms with Gasteiger partial charge in [0.15, 0.2) is 9.84 Å². The van der Waals surface area contributed by atoms with Crippen LogP contribution in [0.2, 0.25) is 0 Å². The lowest BCUT2D eigenvalue weighted by atomic mass is 9.92. The topological polar surface area (TPSA) is 69.7 Å². The minimum absolute atomic E-state index is 0. The molecule has 8 heteroatoms. The van der Waals surface area contributed by atoms with Gasteiger partial charge in [-0.3, -0.25) is 9.69 Å². The van der Waals surface area contributed by atoms with Crippen LogP contribution < -0.4 is 5.32 Å². The number of carbonyl (C=O) groups is 1. The summed E-state index contributed by atoms with van der Waals surface area (Å²) in [4.78, 5) is 17.0. The second-order valence-corrected chi connectivity index (χ2v) is 9.46.